The van der Waals surface area contributed by atoms with Gasteiger partial charge in [0.1, 0.15) is 11.5 Å². The van der Waals surface area contributed by atoms with Crippen LogP contribution in [0.5, 0.6) is 0 Å². The predicted octanol–water partition coefficient (Wildman–Crippen LogP) is 5.33. The van der Waals surface area contributed by atoms with Crippen molar-refractivity contribution in [1.82, 2.24) is 15.0 Å². The first-order valence-corrected chi connectivity index (χ1v) is 9.79. The van der Waals surface area contributed by atoms with E-state index in [1.807, 2.05) is 37.4 Å². The van der Waals surface area contributed by atoms with Crippen molar-refractivity contribution in [3.8, 4) is 11.3 Å². The second-order valence-electron chi connectivity index (χ2n) is 6.60. The molecule has 4 rings (SSSR count). The molecule has 2 heterocycles. The van der Waals surface area contributed by atoms with Gasteiger partial charge in [0.2, 0.25) is 0 Å². The molecule has 0 aliphatic rings. The van der Waals surface area contributed by atoms with Crippen LogP contribution in [0, 0.1) is 19.7 Å². The van der Waals surface area contributed by atoms with Crippen LogP contribution >= 0.6 is 11.3 Å². The van der Waals surface area contributed by atoms with Crippen molar-refractivity contribution in [3.05, 3.63) is 89.1 Å². The highest BCUT2D eigenvalue weighted by molar-refractivity contribution is 7.14. The Morgan fingerprint density at radius 3 is 2.41 bits per heavy atom. The summed E-state index contributed by atoms with van der Waals surface area (Å²) < 4.78 is 13.2. The first-order valence-electron chi connectivity index (χ1n) is 8.91. The summed E-state index contributed by atoms with van der Waals surface area (Å²) >= 11 is 1.34. The third-order valence-electron chi connectivity index (χ3n) is 4.27. The fraction of sp³-hybridized carbons (Fsp3) is 0.0909. The number of carbonyl (C=O) groups excluding carboxylic acids is 1. The zero-order chi connectivity index (χ0) is 20.4. The molecule has 0 saturated heterocycles. The molecule has 0 atom stereocenters. The van der Waals surface area contributed by atoms with Crippen LogP contribution in [-0.2, 0) is 0 Å². The van der Waals surface area contributed by atoms with Crippen molar-refractivity contribution >= 4 is 28.1 Å². The number of carbonyl (C=O) groups is 1. The quantitative estimate of drug-likeness (QED) is 0.461. The Balaban J connectivity index is 1.80. The standard InChI is InChI=1S/C22H17FN4OS/c1-14-9-15(2)11-18(10-14)27(21(28)19-12-24-7-8-25-19)22-26-20(13-29-22)16-3-5-17(23)6-4-16/h3-13H,1-2H3. The van der Waals surface area contributed by atoms with Crippen LogP contribution in [-0.4, -0.2) is 20.9 Å². The Kier molecular flexibility index (Phi) is 5.14. The molecule has 0 aliphatic heterocycles. The van der Waals surface area contributed by atoms with Gasteiger partial charge in [-0.25, -0.2) is 14.4 Å². The predicted molar refractivity (Wildman–Crippen MR) is 112 cm³/mol. The van der Waals surface area contributed by atoms with Gasteiger partial charge in [0.25, 0.3) is 5.91 Å². The SMILES string of the molecule is Cc1cc(C)cc(N(C(=O)c2cnccn2)c2nc(-c3ccc(F)cc3)cs2)c1. The molecule has 144 valence electrons. The van der Waals surface area contributed by atoms with Crippen molar-refractivity contribution in [2.75, 3.05) is 4.90 Å². The number of benzene rings is 2. The molecular formula is C22H17FN4OS. The molecule has 0 bridgehead atoms. The average Bonchev–Trinajstić information content (AvgIpc) is 3.18. The van der Waals surface area contributed by atoms with Crippen LogP contribution in [0.2, 0.25) is 0 Å². The topological polar surface area (TPSA) is 59.0 Å². The van der Waals surface area contributed by atoms with Crippen LogP contribution in [0.1, 0.15) is 21.6 Å². The van der Waals surface area contributed by atoms with Crippen LogP contribution in [0.4, 0.5) is 15.2 Å². The Labute approximate surface area is 171 Å². The van der Waals surface area contributed by atoms with E-state index < -0.39 is 0 Å². The van der Waals surface area contributed by atoms with Crippen molar-refractivity contribution in [2.24, 2.45) is 0 Å². The number of aryl methyl sites for hydroxylation is 2. The number of thiazole rings is 1. The molecule has 0 radical (unpaired) electrons. The van der Waals surface area contributed by atoms with Crippen molar-refractivity contribution in [1.29, 1.82) is 0 Å². The molecule has 0 N–H and O–H groups in total. The summed E-state index contributed by atoms with van der Waals surface area (Å²) in [6.45, 7) is 3.96. The molecule has 4 aromatic rings. The second kappa shape index (κ2) is 7.89. The lowest BCUT2D eigenvalue weighted by Gasteiger charge is -2.20. The molecule has 2 aromatic heterocycles. The Morgan fingerprint density at radius 1 is 1.03 bits per heavy atom. The molecule has 7 heteroatoms. The summed E-state index contributed by atoms with van der Waals surface area (Å²) in [5.74, 6) is -0.623. The number of anilines is 2. The van der Waals surface area contributed by atoms with E-state index in [0.717, 1.165) is 16.7 Å². The molecule has 29 heavy (non-hydrogen) atoms. The van der Waals surface area contributed by atoms with E-state index in [1.165, 1.54) is 42.1 Å². The smallest absolute Gasteiger partial charge is 0.266 e. The van der Waals surface area contributed by atoms with Gasteiger partial charge in [-0.2, -0.15) is 0 Å². The fourth-order valence-corrected chi connectivity index (χ4v) is 3.89. The van der Waals surface area contributed by atoms with Gasteiger partial charge >= 0.3 is 0 Å². The van der Waals surface area contributed by atoms with Crippen molar-refractivity contribution in [2.45, 2.75) is 13.8 Å². The molecule has 5 nitrogen and oxygen atoms in total. The third kappa shape index (κ3) is 4.05. The molecule has 0 aliphatic carbocycles. The van der Waals surface area contributed by atoms with Gasteiger partial charge in [0, 0.05) is 23.3 Å². The molecule has 1 amide bonds. The third-order valence-corrected chi connectivity index (χ3v) is 5.10. The maximum absolute atomic E-state index is 13.3. The Hall–Kier alpha value is -3.45. The van der Waals surface area contributed by atoms with Crippen LogP contribution < -0.4 is 4.90 Å². The minimum Gasteiger partial charge on any atom is -0.266 e. The summed E-state index contributed by atoms with van der Waals surface area (Å²) in [6, 6.07) is 12.0. The number of aromatic nitrogens is 3. The number of rotatable bonds is 4. The minimum atomic E-state index is -0.317. The molecule has 0 fully saturated rings. The maximum Gasteiger partial charge on any atom is 0.284 e. The first kappa shape index (κ1) is 18.9. The summed E-state index contributed by atoms with van der Waals surface area (Å²) in [4.78, 5) is 27.6. The molecule has 0 saturated carbocycles. The van der Waals surface area contributed by atoms with Gasteiger partial charge < -0.3 is 0 Å². The molecule has 0 unspecified atom stereocenters. The van der Waals surface area contributed by atoms with E-state index in [1.54, 1.807) is 17.0 Å². The zero-order valence-corrected chi connectivity index (χ0v) is 16.7. The van der Waals surface area contributed by atoms with Crippen LogP contribution in [0.3, 0.4) is 0 Å². The van der Waals surface area contributed by atoms with E-state index in [-0.39, 0.29) is 17.4 Å². The van der Waals surface area contributed by atoms with Gasteiger partial charge in [0.05, 0.1) is 17.6 Å². The van der Waals surface area contributed by atoms with Crippen molar-refractivity contribution < 1.29 is 9.18 Å². The van der Waals surface area contributed by atoms with Gasteiger partial charge in [-0.3, -0.25) is 14.7 Å². The Morgan fingerprint density at radius 2 is 1.76 bits per heavy atom. The first-order chi connectivity index (χ1) is 14.0. The lowest BCUT2D eigenvalue weighted by molar-refractivity contribution is 0.0994. The van der Waals surface area contributed by atoms with Gasteiger partial charge in [-0.15, -0.1) is 11.3 Å². The number of amides is 1. The summed E-state index contributed by atoms with van der Waals surface area (Å²) in [5, 5.41) is 2.35. The maximum atomic E-state index is 13.3. The zero-order valence-electron chi connectivity index (χ0n) is 15.8. The molecular weight excluding hydrogens is 387 g/mol. The average molecular weight is 404 g/mol. The monoisotopic (exact) mass is 404 g/mol. The highest BCUT2D eigenvalue weighted by atomic mass is 32.1. The van der Waals surface area contributed by atoms with Gasteiger partial charge in [-0.1, -0.05) is 6.07 Å². The van der Waals surface area contributed by atoms with E-state index in [0.29, 0.717) is 16.5 Å². The number of halogens is 1. The molecule has 0 spiro atoms. The Bertz CT molecular complexity index is 1140. The van der Waals surface area contributed by atoms with Crippen LogP contribution in [0.25, 0.3) is 11.3 Å². The van der Waals surface area contributed by atoms with E-state index >= 15 is 0 Å². The van der Waals surface area contributed by atoms with Crippen molar-refractivity contribution in [3.63, 3.8) is 0 Å². The van der Waals surface area contributed by atoms with Gasteiger partial charge in [0.15, 0.2) is 5.13 Å². The second-order valence-corrected chi connectivity index (χ2v) is 7.44. The van der Waals surface area contributed by atoms with E-state index in [9.17, 15) is 9.18 Å². The number of hydrogen-bond acceptors (Lipinski definition) is 5. The van der Waals surface area contributed by atoms with E-state index in [4.69, 9.17) is 0 Å². The summed E-state index contributed by atoms with van der Waals surface area (Å²) in [5.41, 5.74) is 4.45. The number of nitrogens with zero attached hydrogens (tertiary/aromatic N) is 4. The summed E-state index contributed by atoms with van der Waals surface area (Å²) in [7, 11) is 0. The summed E-state index contributed by atoms with van der Waals surface area (Å²) in [6.07, 6.45) is 4.44. The van der Waals surface area contributed by atoms with Gasteiger partial charge in [-0.05, 0) is 61.4 Å². The lowest BCUT2D eigenvalue weighted by Crippen LogP contribution is -2.27. The minimum absolute atomic E-state index is 0.227. The highest BCUT2D eigenvalue weighted by Crippen LogP contribution is 2.34. The largest absolute Gasteiger partial charge is 0.284 e. The van der Waals surface area contributed by atoms with E-state index in [2.05, 4.69) is 15.0 Å². The fourth-order valence-electron chi connectivity index (χ4n) is 3.04. The lowest BCUT2D eigenvalue weighted by atomic mass is 10.1. The van der Waals surface area contributed by atoms with Crippen LogP contribution in [0.15, 0.2) is 66.4 Å². The molecule has 2 aromatic carbocycles. The normalized spacial score (nSPS) is 10.7. The highest BCUT2D eigenvalue weighted by Gasteiger charge is 2.24. The number of hydrogen-bond donors (Lipinski definition) is 0.